The molecule has 2 heterocycles. The summed E-state index contributed by atoms with van der Waals surface area (Å²) in [4.78, 5) is 6.82. The lowest BCUT2D eigenvalue weighted by Crippen LogP contribution is -2.28. The molecule has 1 aromatic heterocycles. The normalized spacial score (nSPS) is 17.6. The molecular formula is C13H17N3S. The number of rotatable bonds is 2. The van der Waals surface area contributed by atoms with Crippen molar-refractivity contribution in [3.8, 4) is 0 Å². The first-order valence-electron chi connectivity index (χ1n) is 6.18. The van der Waals surface area contributed by atoms with Gasteiger partial charge in [0, 0.05) is 6.54 Å². The first kappa shape index (κ1) is 11.0. The van der Waals surface area contributed by atoms with Crippen molar-refractivity contribution in [1.82, 2.24) is 9.88 Å². The molecule has 0 amide bonds. The smallest absolute Gasteiger partial charge is 0.181 e. The van der Waals surface area contributed by atoms with Crippen molar-refractivity contribution in [2.45, 2.75) is 25.8 Å². The predicted molar refractivity (Wildman–Crippen MR) is 73.2 cm³/mol. The van der Waals surface area contributed by atoms with Crippen molar-refractivity contribution >= 4 is 26.7 Å². The van der Waals surface area contributed by atoms with Crippen LogP contribution in [-0.2, 0) is 6.54 Å². The van der Waals surface area contributed by atoms with Crippen LogP contribution >= 0.6 is 11.3 Å². The van der Waals surface area contributed by atoms with E-state index in [1.54, 1.807) is 11.3 Å². The summed E-state index contributed by atoms with van der Waals surface area (Å²) in [6, 6.07) is 6.50. The summed E-state index contributed by atoms with van der Waals surface area (Å²) in [5.41, 5.74) is 8.12. The van der Waals surface area contributed by atoms with E-state index >= 15 is 0 Å². The number of nitrogens with zero attached hydrogens (tertiary/aromatic N) is 2. The second kappa shape index (κ2) is 4.63. The summed E-state index contributed by atoms with van der Waals surface area (Å²) in [5, 5.41) is 0.662. The number of hydrogen-bond donors (Lipinski definition) is 1. The zero-order valence-corrected chi connectivity index (χ0v) is 10.7. The Labute approximate surface area is 105 Å². The molecule has 1 fully saturated rings. The summed E-state index contributed by atoms with van der Waals surface area (Å²) < 4.78 is 1.21. The maximum atomic E-state index is 5.72. The van der Waals surface area contributed by atoms with Crippen LogP contribution in [0.2, 0.25) is 0 Å². The van der Waals surface area contributed by atoms with E-state index in [2.05, 4.69) is 28.1 Å². The summed E-state index contributed by atoms with van der Waals surface area (Å²) >= 11 is 1.58. The maximum absolute atomic E-state index is 5.72. The number of nitrogen functional groups attached to an aromatic ring is 1. The third kappa shape index (κ3) is 2.42. The van der Waals surface area contributed by atoms with Crippen LogP contribution in [-0.4, -0.2) is 23.0 Å². The first-order valence-corrected chi connectivity index (χ1v) is 7.00. The fourth-order valence-electron chi connectivity index (χ4n) is 2.46. The Balaban J connectivity index is 1.79. The van der Waals surface area contributed by atoms with E-state index in [9.17, 15) is 0 Å². The minimum Gasteiger partial charge on any atom is -0.375 e. The van der Waals surface area contributed by atoms with Crippen LogP contribution in [0.4, 0.5) is 5.13 Å². The highest BCUT2D eigenvalue weighted by atomic mass is 32.1. The van der Waals surface area contributed by atoms with E-state index in [-0.39, 0.29) is 0 Å². The molecule has 1 saturated heterocycles. The highest BCUT2D eigenvalue weighted by Gasteiger charge is 2.11. The average Bonchev–Trinajstić information content (AvgIpc) is 2.70. The summed E-state index contributed by atoms with van der Waals surface area (Å²) in [7, 11) is 0. The Hall–Kier alpha value is -1.13. The molecule has 0 radical (unpaired) electrons. The van der Waals surface area contributed by atoms with E-state index in [4.69, 9.17) is 5.73 Å². The van der Waals surface area contributed by atoms with E-state index < -0.39 is 0 Å². The number of anilines is 1. The van der Waals surface area contributed by atoms with Crippen LogP contribution in [0.25, 0.3) is 10.2 Å². The number of fused-ring (bicyclic) bond motifs is 1. The quantitative estimate of drug-likeness (QED) is 0.887. The molecule has 1 aliphatic rings. The lowest BCUT2D eigenvalue weighted by atomic mass is 10.1. The van der Waals surface area contributed by atoms with Gasteiger partial charge < -0.3 is 5.73 Å². The zero-order chi connectivity index (χ0) is 11.7. The van der Waals surface area contributed by atoms with Gasteiger partial charge in [-0.05, 0) is 43.6 Å². The molecule has 4 heteroatoms. The summed E-state index contributed by atoms with van der Waals surface area (Å²) in [6.07, 6.45) is 4.08. The highest BCUT2D eigenvalue weighted by Crippen LogP contribution is 2.25. The van der Waals surface area contributed by atoms with Crippen molar-refractivity contribution < 1.29 is 0 Å². The van der Waals surface area contributed by atoms with E-state index in [0.29, 0.717) is 5.13 Å². The minimum absolute atomic E-state index is 0.662. The fourth-order valence-corrected chi connectivity index (χ4v) is 3.26. The molecular weight excluding hydrogens is 230 g/mol. The molecule has 0 atom stereocenters. The van der Waals surface area contributed by atoms with Crippen LogP contribution in [0.5, 0.6) is 0 Å². The number of hydrogen-bond acceptors (Lipinski definition) is 4. The van der Waals surface area contributed by atoms with Crippen molar-refractivity contribution in [3.05, 3.63) is 23.8 Å². The topological polar surface area (TPSA) is 42.1 Å². The first-order chi connectivity index (χ1) is 8.31. The maximum Gasteiger partial charge on any atom is 0.181 e. The third-order valence-corrected chi connectivity index (χ3v) is 4.17. The van der Waals surface area contributed by atoms with Crippen LogP contribution in [0, 0.1) is 0 Å². The van der Waals surface area contributed by atoms with Gasteiger partial charge in [0.25, 0.3) is 0 Å². The Morgan fingerprint density at radius 3 is 2.88 bits per heavy atom. The SMILES string of the molecule is Nc1nc2ccc(CN3CCCCC3)cc2s1. The van der Waals surface area contributed by atoms with Crippen molar-refractivity contribution in [2.75, 3.05) is 18.8 Å². The number of thiazole rings is 1. The Morgan fingerprint density at radius 2 is 2.06 bits per heavy atom. The molecule has 0 saturated carbocycles. The van der Waals surface area contributed by atoms with Crippen LogP contribution in [0.15, 0.2) is 18.2 Å². The standard InChI is InChI=1S/C13H17N3S/c14-13-15-11-5-4-10(8-12(11)17-13)9-16-6-2-1-3-7-16/h4-5,8H,1-3,6-7,9H2,(H2,14,15). The number of nitrogens with two attached hydrogens (primary N) is 1. The molecule has 1 aliphatic heterocycles. The zero-order valence-electron chi connectivity index (χ0n) is 9.85. The van der Waals surface area contributed by atoms with E-state index in [0.717, 1.165) is 12.1 Å². The number of benzene rings is 1. The molecule has 0 unspecified atom stereocenters. The predicted octanol–water partition coefficient (Wildman–Crippen LogP) is 2.86. The summed E-state index contributed by atoms with van der Waals surface area (Å²) in [6.45, 7) is 3.54. The van der Waals surface area contributed by atoms with Gasteiger partial charge in [0.05, 0.1) is 10.2 Å². The largest absolute Gasteiger partial charge is 0.375 e. The van der Waals surface area contributed by atoms with Gasteiger partial charge in [0.15, 0.2) is 5.13 Å². The van der Waals surface area contributed by atoms with Crippen molar-refractivity contribution in [2.24, 2.45) is 0 Å². The minimum atomic E-state index is 0.662. The monoisotopic (exact) mass is 247 g/mol. The number of aromatic nitrogens is 1. The third-order valence-electron chi connectivity index (χ3n) is 3.32. The van der Waals surface area contributed by atoms with Crippen LogP contribution < -0.4 is 5.73 Å². The molecule has 3 rings (SSSR count). The van der Waals surface area contributed by atoms with Gasteiger partial charge in [-0.3, -0.25) is 4.90 Å². The van der Waals surface area contributed by atoms with Gasteiger partial charge in [-0.2, -0.15) is 0 Å². The van der Waals surface area contributed by atoms with Crippen molar-refractivity contribution in [1.29, 1.82) is 0 Å². The van der Waals surface area contributed by atoms with Gasteiger partial charge in [-0.15, -0.1) is 0 Å². The Bertz CT molecular complexity index is 514. The van der Waals surface area contributed by atoms with Gasteiger partial charge in [-0.1, -0.05) is 23.8 Å². The van der Waals surface area contributed by atoms with E-state index in [1.165, 1.54) is 42.6 Å². The van der Waals surface area contributed by atoms with Gasteiger partial charge in [0.2, 0.25) is 0 Å². The van der Waals surface area contributed by atoms with E-state index in [1.807, 2.05) is 0 Å². The molecule has 0 spiro atoms. The second-order valence-electron chi connectivity index (χ2n) is 4.69. The lowest BCUT2D eigenvalue weighted by Gasteiger charge is -2.26. The highest BCUT2D eigenvalue weighted by molar-refractivity contribution is 7.22. The molecule has 17 heavy (non-hydrogen) atoms. The average molecular weight is 247 g/mol. The second-order valence-corrected chi connectivity index (χ2v) is 5.75. The molecule has 90 valence electrons. The molecule has 2 N–H and O–H groups in total. The molecule has 3 nitrogen and oxygen atoms in total. The van der Waals surface area contributed by atoms with Gasteiger partial charge in [-0.25, -0.2) is 4.98 Å². The molecule has 1 aromatic carbocycles. The lowest BCUT2D eigenvalue weighted by molar-refractivity contribution is 0.221. The van der Waals surface area contributed by atoms with Gasteiger partial charge >= 0.3 is 0 Å². The fraction of sp³-hybridized carbons (Fsp3) is 0.462. The molecule has 2 aromatic rings. The van der Waals surface area contributed by atoms with Gasteiger partial charge in [0.1, 0.15) is 0 Å². The van der Waals surface area contributed by atoms with Crippen LogP contribution in [0.1, 0.15) is 24.8 Å². The Kier molecular flexibility index (Phi) is 2.99. The van der Waals surface area contributed by atoms with Crippen LogP contribution in [0.3, 0.4) is 0 Å². The molecule has 0 bridgehead atoms. The number of piperidine rings is 1. The molecule has 0 aliphatic carbocycles. The number of likely N-dealkylation sites (tertiary alicyclic amines) is 1. The van der Waals surface area contributed by atoms with Crippen molar-refractivity contribution in [3.63, 3.8) is 0 Å². The summed E-state index contributed by atoms with van der Waals surface area (Å²) in [5.74, 6) is 0. The Morgan fingerprint density at radius 1 is 1.24 bits per heavy atom.